The number of hydrogen-bond donors (Lipinski definition) is 1. The lowest BCUT2D eigenvalue weighted by molar-refractivity contribution is -0.119. The van der Waals surface area contributed by atoms with Crippen LogP contribution >= 0.6 is 27.5 Å². The molecule has 154 valence electrons. The normalized spacial score (nSPS) is 19.1. The summed E-state index contributed by atoms with van der Waals surface area (Å²) in [4.78, 5) is 27.3. The quantitative estimate of drug-likeness (QED) is 0.615. The van der Waals surface area contributed by atoms with Crippen molar-refractivity contribution >= 4 is 45.2 Å². The fraction of sp³-hybridized carbons (Fsp3) is 0.364. The highest BCUT2D eigenvalue weighted by Gasteiger charge is 2.41. The zero-order chi connectivity index (χ0) is 21.2. The molecule has 2 unspecified atom stereocenters. The number of halogens is 2. The summed E-state index contributed by atoms with van der Waals surface area (Å²) in [5.41, 5.74) is 1.09. The molecule has 3 rings (SSSR count). The van der Waals surface area contributed by atoms with E-state index in [1.807, 2.05) is 45.0 Å². The summed E-state index contributed by atoms with van der Waals surface area (Å²) in [5.74, 6) is -0.645. The summed E-state index contributed by atoms with van der Waals surface area (Å²) >= 11 is 9.37. The van der Waals surface area contributed by atoms with Gasteiger partial charge in [0.05, 0.1) is 5.92 Å². The van der Waals surface area contributed by atoms with Gasteiger partial charge < -0.3 is 15.0 Å². The van der Waals surface area contributed by atoms with E-state index in [2.05, 4.69) is 21.2 Å². The van der Waals surface area contributed by atoms with Crippen molar-refractivity contribution in [3.8, 4) is 0 Å². The maximum absolute atomic E-state index is 13.1. The average Bonchev–Trinajstić information content (AvgIpc) is 3.08. The molecule has 1 heterocycles. The lowest BCUT2D eigenvalue weighted by Gasteiger charge is -2.24. The van der Waals surface area contributed by atoms with Crippen LogP contribution in [0.3, 0.4) is 0 Å². The van der Waals surface area contributed by atoms with E-state index in [0.29, 0.717) is 23.8 Å². The highest BCUT2D eigenvalue weighted by molar-refractivity contribution is 9.10. The molecule has 2 aromatic carbocycles. The van der Waals surface area contributed by atoms with Gasteiger partial charge in [-0.1, -0.05) is 39.7 Å². The largest absolute Gasteiger partial charge is 0.444 e. The van der Waals surface area contributed by atoms with Crippen LogP contribution in [0.2, 0.25) is 5.02 Å². The molecular formula is C22H24BrClN2O3. The summed E-state index contributed by atoms with van der Waals surface area (Å²) < 4.78 is 6.48. The molecule has 0 aromatic heterocycles. The van der Waals surface area contributed by atoms with E-state index < -0.39 is 11.7 Å². The van der Waals surface area contributed by atoms with Gasteiger partial charge in [0.25, 0.3) is 0 Å². The maximum atomic E-state index is 13.1. The van der Waals surface area contributed by atoms with Gasteiger partial charge in [0.1, 0.15) is 5.60 Å². The van der Waals surface area contributed by atoms with Crippen LogP contribution in [0, 0.1) is 5.92 Å². The molecule has 5 nitrogen and oxygen atoms in total. The van der Waals surface area contributed by atoms with E-state index in [4.69, 9.17) is 16.3 Å². The number of amides is 2. The second-order valence-electron chi connectivity index (χ2n) is 8.15. The number of benzene rings is 2. The minimum absolute atomic E-state index is 0.122. The molecule has 2 amide bonds. The van der Waals surface area contributed by atoms with Gasteiger partial charge >= 0.3 is 6.09 Å². The van der Waals surface area contributed by atoms with E-state index >= 15 is 0 Å². The van der Waals surface area contributed by atoms with Gasteiger partial charge in [-0.05, 0) is 62.7 Å². The Labute approximate surface area is 184 Å². The van der Waals surface area contributed by atoms with Gasteiger partial charge in [-0.3, -0.25) is 4.79 Å². The molecule has 7 heteroatoms. The molecule has 0 aliphatic carbocycles. The zero-order valence-electron chi connectivity index (χ0n) is 16.6. The number of rotatable bonds is 3. The highest BCUT2D eigenvalue weighted by atomic mass is 79.9. The summed E-state index contributed by atoms with van der Waals surface area (Å²) in [7, 11) is 0. The van der Waals surface area contributed by atoms with E-state index in [1.54, 1.807) is 29.2 Å². The Balaban J connectivity index is 1.82. The van der Waals surface area contributed by atoms with Crippen LogP contribution in [0.1, 0.15) is 32.3 Å². The number of nitrogens with one attached hydrogen (secondary N) is 1. The molecule has 2 aromatic rings. The van der Waals surface area contributed by atoms with E-state index in [1.165, 1.54) is 0 Å². The molecule has 1 fully saturated rings. The van der Waals surface area contributed by atoms with Crippen molar-refractivity contribution in [2.24, 2.45) is 5.92 Å². The van der Waals surface area contributed by atoms with Crippen molar-refractivity contribution in [3.63, 3.8) is 0 Å². The Morgan fingerprint density at radius 3 is 2.28 bits per heavy atom. The second kappa shape index (κ2) is 8.76. The highest BCUT2D eigenvalue weighted by Crippen LogP contribution is 2.35. The van der Waals surface area contributed by atoms with Crippen molar-refractivity contribution in [2.75, 3.05) is 18.4 Å². The summed E-state index contributed by atoms with van der Waals surface area (Å²) in [5, 5.41) is 3.55. The molecule has 1 aliphatic heterocycles. The summed E-state index contributed by atoms with van der Waals surface area (Å²) in [6.45, 7) is 6.22. The minimum Gasteiger partial charge on any atom is -0.444 e. The van der Waals surface area contributed by atoms with Gasteiger partial charge in [-0.2, -0.15) is 0 Å². The predicted molar refractivity (Wildman–Crippen MR) is 118 cm³/mol. The Morgan fingerprint density at radius 2 is 1.69 bits per heavy atom. The number of carbonyl (C=O) groups excluding carboxylic acids is 2. The van der Waals surface area contributed by atoms with Crippen LogP contribution in [0.4, 0.5) is 10.5 Å². The van der Waals surface area contributed by atoms with Gasteiger partial charge in [0.2, 0.25) is 5.91 Å². The number of nitrogens with zero attached hydrogens (tertiary/aromatic N) is 1. The number of hydrogen-bond acceptors (Lipinski definition) is 3. The molecule has 29 heavy (non-hydrogen) atoms. The van der Waals surface area contributed by atoms with Crippen LogP contribution in [0.25, 0.3) is 0 Å². The Hall–Kier alpha value is -2.05. The lowest BCUT2D eigenvalue weighted by atomic mass is 9.88. The summed E-state index contributed by atoms with van der Waals surface area (Å²) in [6.07, 6.45) is -0.401. The SMILES string of the molecule is CC(C)(C)OC(=O)N1CC(C(=O)Nc2ccc(Cl)cc2)C(c2ccc(Br)cc2)C1. The number of carbonyl (C=O) groups is 2. The fourth-order valence-electron chi connectivity index (χ4n) is 3.36. The van der Waals surface area contributed by atoms with Crippen molar-refractivity contribution in [2.45, 2.75) is 32.3 Å². The molecule has 0 bridgehead atoms. The molecule has 2 atom stereocenters. The fourth-order valence-corrected chi connectivity index (χ4v) is 3.75. The third-order valence-corrected chi connectivity index (χ3v) is 5.50. The van der Waals surface area contributed by atoms with E-state index in [0.717, 1.165) is 10.0 Å². The van der Waals surface area contributed by atoms with Crippen molar-refractivity contribution < 1.29 is 14.3 Å². The first-order chi connectivity index (χ1) is 13.6. The Morgan fingerprint density at radius 1 is 1.07 bits per heavy atom. The van der Waals surface area contributed by atoms with Gasteiger partial charge in [0, 0.05) is 34.2 Å². The molecule has 1 N–H and O–H groups in total. The molecule has 0 radical (unpaired) electrons. The Kier molecular flexibility index (Phi) is 6.54. The van der Waals surface area contributed by atoms with Crippen LogP contribution in [-0.2, 0) is 9.53 Å². The van der Waals surface area contributed by atoms with Crippen LogP contribution in [0.5, 0.6) is 0 Å². The van der Waals surface area contributed by atoms with Crippen molar-refractivity contribution in [1.29, 1.82) is 0 Å². The standard InChI is InChI=1S/C22H24BrClN2O3/c1-22(2,3)29-21(28)26-12-18(14-4-6-15(23)7-5-14)19(13-26)20(27)25-17-10-8-16(24)9-11-17/h4-11,18-19H,12-13H2,1-3H3,(H,25,27). The third-order valence-electron chi connectivity index (χ3n) is 4.72. The first-order valence-electron chi connectivity index (χ1n) is 9.42. The minimum atomic E-state index is -0.589. The number of anilines is 1. The van der Waals surface area contributed by atoms with Gasteiger partial charge in [-0.25, -0.2) is 4.79 Å². The molecule has 0 saturated carbocycles. The molecule has 0 spiro atoms. The first kappa shape index (κ1) is 21.7. The van der Waals surface area contributed by atoms with E-state index in [9.17, 15) is 9.59 Å². The smallest absolute Gasteiger partial charge is 0.410 e. The monoisotopic (exact) mass is 478 g/mol. The lowest BCUT2D eigenvalue weighted by Crippen LogP contribution is -2.36. The van der Waals surface area contributed by atoms with Crippen LogP contribution < -0.4 is 5.32 Å². The van der Waals surface area contributed by atoms with E-state index in [-0.39, 0.29) is 17.7 Å². The van der Waals surface area contributed by atoms with Gasteiger partial charge in [-0.15, -0.1) is 0 Å². The average molecular weight is 480 g/mol. The first-order valence-corrected chi connectivity index (χ1v) is 10.6. The Bertz CT molecular complexity index is 878. The topological polar surface area (TPSA) is 58.6 Å². The maximum Gasteiger partial charge on any atom is 0.410 e. The number of likely N-dealkylation sites (tertiary alicyclic amines) is 1. The molecule has 1 saturated heterocycles. The second-order valence-corrected chi connectivity index (χ2v) is 9.50. The van der Waals surface area contributed by atoms with Crippen molar-refractivity contribution in [1.82, 2.24) is 4.90 Å². The zero-order valence-corrected chi connectivity index (χ0v) is 19.0. The van der Waals surface area contributed by atoms with Crippen LogP contribution in [-0.4, -0.2) is 35.6 Å². The number of ether oxygens (including phenoxy) is 1. The van der Waals surface area contributed by atoms with Gasteiger partial charge in [0.15, 0.2) is 0 Å². The van der Waals surface area contributed by atoms with Crippen molar-refractivity contribution in [3.05, 3.63) is 63.6 Å². The predicted octanol–water partition coefficient (Wildman–Crippen LogP) is 5.69. The molecule has 1 aliphatic rings. The molecular weight excluding hydrogens is 456 g/mol. The third kappa shape index (κ3) is 5.73. The summed E-state index contributed by atoms with van der Waals surface area (Å²) in [6, 6.07) is 14.8. The van der Waals surface area contributed by atoms with Crippen LogP contribution in [0.15, 0.2) is 53.0 Å².